The van der Waals surface area contributed by atoms with Crippen LogP contribution < -0.4 is 5.73 Å². The molecule has 0 aliphatic heterocycles. The molecule has 6 heteroatoms. The van der Waals surface area contributed by atoms with Crippen molar-refractivity contribution in [1.82, 2.24) is 0 Å². The van der Waals surface area contributed by atoms with Crippen molar-refractivity contribution in [3.8, 4) is 0 Å². The Morgan fingerprint density at radius 3 is 2.40 bits per heavy atom. The van der Waals surface area contributed by atoms with E-state index in [2.05, 4.69) is 0 Å². The molecule has 0 spiro atoms. The van der Waals surface area contributed by atoms with Crippen molar-refractivity contribution in [2.45, 2.75) is 17.6 Å². The van der Waals surface area contributed by atoms with Crippen LogP contribution in [0.5, 0.6) is 0 Å². The molecule has 0 aliphatic carbocycles. The van der Waals surface area contributed by atoms with E-state index >= 15 is 0 Å². The Labute approximate surface area is 116 Å². The first-order chi connectivity index (χ1) is 9.29. The molecule has 0 unspecified atom stereocenters. The van der Waals surface area contributed by atoms with E-state index in [4.69, 9.17) is 5.73 Å². The Balaban J connectivity index is 2.38. The number of nitrogen functional groups attached to an aromatic ring is 1. The lowest BCUT2D eigenvalue weighted by Crippen LogP contribution is -2.07. The number of rotatable bonds is 3. The number of hydrogen-bond donors (Lipinski definition) is 1. The van der Waals surface area contributed by atoms with Gasteiger partial charge in [-0.2, -0.15) is 0 Å². The topological polar surface area (TPSA) is 60.2 Å². The lowest BCUT2D eigenvalue weighted by Gasteiger charge is -2.08. The molecule has 0 bridgehead atoms. The van der Waals surface area contributed by atoms with E-state index in [0.29, 0.717) is 11.1 Å². The zero-order valence-corrected chi connectivity index (χ0v) is 11.5. The van der Waals surface area contributed by atoms with Crippen molar-refractivity contribution >= 4 is 15.5 Å². The molecule has 0 saturated carbocycles. The Hall–Kier alpha value is -1.95. The first-order valence-corrected chi connectivity index (χ1v) is 7.47. The van der Waals surface area contributed by atoms with Crippen LogP contribution in [0, 0.1) is 18.6 Å². The molecule has 2 N–H and O–H groups in total. The minimum Gasteiger partial charge on any atom is -0.396 e. The summed E-state index contributed by atoms with van der Waals surface area (Å²) >= 11 is 0. The van der Waals surface area contributed by atoms with Crippen LogP contribution in [-0.2, 0) is 15.6 Å². The van der Waals surface area contributed by atoms with Crippen LogP contribution in [0.1, 0.15) is 11.1 Å². The summed E-state index contributed by atoms with van der Waals surface area (Å²) in [7, 11) is -3.71. The summed E-state index contributed by atoms with van der Waals surface area (Å²) in [5.41, 5.74) is 6.21. The maximum Gasteiger partial charge on any atom is 0.182 e. The predicted molar refractivity (Wildman–Crippen MR) is 72.8 cm³/mol. The Bertz CT molecular complexity index is 758. The van der Waals surface area contributed by atoms with E-state index in [1.807, 2.05) is 0 Å². The third kappa shape index (κ3) is 2.96. The van der Waals surface area contributed by atoms with Crippen LogP contribution in [0.2, 0.25) is 0 Å². The highest BCUT2D eigenvalue weighted by Crippen LogP contribution is 2.22. The highest BCUT2D eigenvalue weighted by Gasteiger charge is 2.18. The quantitative estimate of drug-likeness (QED) is 0.886. The smallest absolute Gasteiger partial charge is 0.182 e. The van der Waals surface area contributed by atoms with E-state index < -0.39 is 21.5 Å². The number of anilines is 1. The molecular weight excluding hydrogens is 284 g/mol. The molecule has 0 heterocycles. The van der Waals surface area contributed by atoms with Crippen LogP contribution >= 0.6 is 0 Å². The number of hydrogen-bond acceptors (Lipinski definition) is 3. The van der Waals surface area contributed by atoms with Crippen molar-refractivity contribution in [3.63, 3.8) is 0 Å². The van der Waals surface area contributed by atoms with Gasteiger partial charge in [0.2, 0.25) is 0 Å². The lowest BCUT2D eigenvalue weighted by molar-refractivity contribution is 0.590. The fraction of sp³-hybridized carbons (Fsp3) is 0.143. The van der Waals surface area contributed by atoms with Crippen molar-refractivity contribution in [1.29, 1.82) is 0 Å². The molecule has 0 aliphatic rings. The minimum absolute atomic E-state index is 0.109. The molecule has 0 amide bonds. The second kappa shape index (κ2) is 5.20. The fourth-order valence-corrected chi connectivity index (χ4v) is 3.27. The SMILES string of the molecule is Cc1cc(F)ccc1CS(=O)(=O)c1ccc(N)c(F)c1. The van der Waals surface area contributed by atoms with E-state index in [1.54, 1.807) is 6.92 Å². The molecule has 0 fully saturated rings. The normalized spacial score (nSPS) is 11.6. The fourth-order valence-electron chi connectivity index (χ4n) is 1.81. The largest absolute Gasteiger partial charge is 0.396 e. The number of aryl methyl sites for hydroxylation is 1. The molecule has 0 atom stereocenters. The summed E-state index contributed by atoms with van der Waals surface area (Å²) in [5, 5.41) is 0. The average molecular weight is 297 g/mol. The zero-order chi connectivity index (χ0) is 14.9. The molecule has 20 heavy (non-hydrogen) atoms. The molecule has 0 saturated heterocycles. The predicted octanol–water partition coefficient (Wildman–Crippen LogP) is 2.83. The second-order valence-electron chi connectivity index (χ2n) is 4.51. The Kier molecular flexibility index (Phi) is 3.76. The summed E-state index contributed by atoms with van der Waals surface area (Å²) in [6.45, 7) is 1.62. The highest BCUT2D eigenvalue weighted by molar-refractivity contribution is 7.90. The summed E-state index contributed by atoms with van der Waals surface area (Å²) < 4.78 is 50.7. The van der Waals surface area contributed by atoms with Crippen molar-refractivity contribution in [2.75, 3.05) is 5.73 Å². The third-order valence-corrected chi connectivity index (χ3v) is 4.64. The van der Waals surface area contributed by atoms with Crippen LogP contribution in [0.25, 0.3) is 0 Å². The maximum absolute atomic E-state index is 13.3. The van der Waals surface area contributed by atoms with Crippen LogP contribution in [0.4, 0.5) is 14.5 Å². The van der Waals surface area contributed by atoms with E-state index in [1.165, 1.54) is 30.3 Å². The van der Waals surface area contributed by atoms with E-state index in [0.717, 1.165) is 6.07 Å². The molecule has 0 radical (unpaired) electrons. The number of nitrogens with two attached hydrogens (primary N) is 1. The van der Waals surface area contributed by atoms with E-state index in [9.17, 15) is 17.2 Å². The standard InChI is InChI=1S/C14H13F2NO2S/c1-9-6-11(15)3-2-10(9)8-20(18,19)12-4-5-14(17)13(16)7-12/h2-7H,8,17H2,1H3. The molecule has 2 aromatic rings. The number of benzene rings is 2. The van der Waals surface area contributed by atoms with Gasteiger partial charge in [0.1, 0.15) is 11.6 Å². The van der Waals surface area contributed by atoms with Crippen molar-refractivity contribution < 1.29 is 17.2 Å². The molecule has 2 aromatic carbocycles. The molecule has 3 nitrogen and oxygen atoms in total. The van der Waals surface area contributed by atoms with Gasteiger partial charge in [-0.25, -0.2) is 17.2 Å². The van der Waals surface area contributed by atoms with Crippen LogP contribution in [0.3, 0.4) is 0 Å². The van der Waals surface area contributed by atoms with Crippen molar-refractivity contribution in [3.05, 3.63) is 59.2 Å². The first kappa shape index (κ1) is 14.5. The molecule has 2 rings (SSSR count). The first-order valence-electron chi connectivity index (χ1n) is 5.82. The highest BCUT2D eigenvalue weighted by atomic mass is 32.2. The van der Waals surface area contributed by atoms with E-state index in [-0.39, 0.29) is 16.3 Å². The van der Waals surface area contributed by atoms with Gasteiger partial charge in [0.15, 0.2) is 9.84 Å². The Morgan fingerprint density at radius 1 is 1.10 bits per heavy atom. The number of sulfone groups is 1. The monoisotopic (exact) mass is 297 g/mol. The van der Waals surface area contributed by atoms with Crippen molar-refractivity contribution in [2.24, 2.45) is 0 Å². The van der Waals surface area contributed by atoms with Gasteiger partial charge < -0.3 is 5.73 Å². The molecular formula is C14H13F2NO2S. The van der Waals surface area contributed by atoms with Gasteiger partial charge in [0.05, 0.1) is 16.3 Å². The van der Waals surface area contributed by atoms with Gasteiger partial charge in [-0.05, 0) is 48.4 Å². The van der Waals surface area contributed by atoms with Crippen LogP contribution in [-0.4, -0.2) is 8.42 Å². The zero-order valence-electron chi connectivity index (χ0n) is 10.7. The third-order valence-electron chi connectivity index (χ3n) is 2.98. The molecule has 0 aromatic heterocycles. The summed E-state index contributed by atoms with van der Waals surface area (Å²) in [6.07, 6.45) is 0. The summed E-state index contributed by atoms with van der Waals surface area (Å²) in [5.74, 6) is -1.52. The Morgan fingerprint density at radius 2 is 1.80 bits per heavy atom. The second-order valence-corrected chi connectivity index (χ2v) is 6.50. The molecule has 106 valence electrons. The summed E-state index contributed by atoms with van der Waals surface area (Å²) in [6, 6.07) is 7.22. The lowest BCUT2D eigenvalue weighted by atomic mass is 10.1. The van der Waals surface area contributed by atoms with Gasteiger partial charge in [-0.1, -0.05) is 6.07 Å². The van der Waals surface area contributed by atoms with Gasteiger partial charge >= 0.3 is 0 Å². The van der Waals surface area contributed by atoms with Gasteiger partial charge in [-0.3, -0.25) is 0 Å². The van der Waals surface area contributed by atoms with Gasteiger partial charge in [-0.15, -0.1) is 0 Å². The van der Waals surface area contributed by atoms with Gasteiger partial charge in [0.25, 0.3) is 0 Å². The number of halogens is 2. The maximum atomic E-state index is 13.3. The van der Waals surface area contributed by atoms with Crippen LogP contribution in [0.15, 0.2) is 41.3 Å². The summed E-state index contributed by atoms with van der Waals surface area (Å²) in [4.78, 5) is -0.145. The minimum atomic E-state index is -3.71. The van der Waals surface area contributed by atoms with Gasteiger partial charge in [0, 0.05) is 0 Å². The average Bonchev–Trinajstić information content (AvgIpc) is 2.36.